The van der Waals surface area contributed by atoms with E-state index in [2.05, 4.69) is 19.2 Å². The Hall–Kier alpha value is -2.04. The van der Waals surface area contributed by atoms with Crippen LogP contribution in [-0.2, 0) is 16.1 Å². The van der Waals surface area contributed by atoms with E-state index in [4.69, 9.17) is 9.47 Å². The molecule has 0 aromatic heterocycles. The van der Waals surface area contributed by atoms with E-state index >= 15 is 0 Å². The van der Waals surface area contributed by atoms with Crippen molar-refractivity contribution in [3.63, 3.8) is 0 Å². The molecule has 0 unspecified atom stereocenters. The third-order valence-electron chi connectivity index (χ3n) is 7.03. The van der Waals surface area contributed by atoms with Crippen LogP contribution in [0.1, 0.15) is 45.6 Å². The van der Waals surface area contributed by atoms with Gasteiger partial charge >= 0.3 is 0 Å². The molecule has 5 nitrogen and oxygen atoms in total. The Labute approximate surface area is 141 Å². The number of hydrogen-bond donors (Lipinski definition) is 1. The zero-order valence-corrected chi connectivity index (χ0v) is 14.4. The predicted octanol–water partition coefficient (Wildman–Crippen LogP) is 2.82. The van der Waals surface area contributed by atoms with Crippen LogP contribution in [0.15, 0.2) is 18.2 Å². The van der Waals surface area contributed by atoms with E-state index in [0.717, 1.165) is 24.2 Å². The fraction of sp³-hybridized carbons (Fsp3) is 0.579. The number of ether oxygens (including phenoxy) is 2. The normalized spacial score (nSPS) is 32.2. The van der Waals surface area contributed by atoms with Gasteiger partial charge in [0, 0.05) is 18.4 Å². The average Bonchev–Trinajstić information content (AvgIpc) is 3.13. The molecule has 1 N–H and O–H groups in total. The first-order chi connectivity index (χ1) is 11.3. The lowest BCUT2D eigenvalue weighted by atomic mass is 9.64. The molecule has 1 amide bonds. The minimum atomic E-state index is -0.574. The number of carbonyl (C=O) groups is 2. The van der Waals surface area contributed by atoms with E-state index in [1.54, 1.807) is 0 Å². The number of amides is 1. The van der Waals surface area contributed by atoms with Gasteiger partial charge in [-0.2, -0.15) is 0 Å². The monoisotopic (exact) mass is 329 g/mol. The number of Topliss-reactive ketones (excluding diaryl/α,β-unsaturated/α-hetero) is 1. The fourth-order valence-corrected chi connectivity index (χ4v) is 4.76. The summed E-state index contributed by atoms with van der Waals surface area (Å²) in [6, 6.07) is 5.68. The second-order valence-electron chi connectivity index (χ2n) is 8.01. The highest BCUT2D eigenvalue weighted by Crippen LogP contribution is 2.70. The van der Waals surface area contributed by atoms with Crippen molar-refractivity contribution in [1.82, 2.24) is 5.32 Å². The van der Waals surface area contributed by atoms with Crippen LogP contribution in [0.5, 0.6) is 11.5 Å². The van der Waals surface area contributed by atoms with Gasteiger partial charge < -0.3 is 14.8 Å². The van der Waals surface area contributed by atoms with Crippen LogP contribution >= 0.6 is 0 Å². The number of fused-ring (bicyclic) bond motifs is 3. The number of ketones is 1. The summed E-state index contributed by atoms with van der Waals surface area (Å²) in [7, 11) is 0. The summed E-state index contributed by atoms with van der Waals surface area (Å²) in [5.41, 5.74) is -0.291. The Kier molecular flexibility index (Phi) is 3.06. The first-order valence-electron chi connectivity index (χ1n) is 8.50. The molecule has 0 saturated heterocycles. The van der Waals surface area contributed by atoms with Gasteiger partial charge in [0.1, 0.15) is 5.78 Å². The van der Waals surface area contributed by atoms with Crippen molar-refractivity contribution in [3.8, 4) is 11.5 Å². The van der Waals surface area contributed by atoms with E-state index in [0.29, 0.717) is 18.7 Å². The maximum atomic E-state index is 13.0. The van der Waals surface area contributed by atoms with E-state index in [9.17, 15) is 9.59 Å². The molecular formula is C19H23NO4. The molecule has 1 aromatic rings. The quantitative estimate of drug-likeness (QED) is 0.926. The van der Waals surface area contributed by atoms with Gasteiger partial charge in [-0.05, 0) is 36.0 Å². The maximum absolute atomic E-state index is 13.0. The molecule has 2 atom stereocenters. The number of hydrogen-bond acceptors (Lipinski definition) is 4. The molecule has 4 rings (SSSR count). The summed E-state index contributed by atoms with van der Waals surface area (Å²) in [6.07, 6.45) is 1.95. The predicted molar refractivity (Wildman–Crippen MR) is 87.6 cm³/mol. The minimum Gasteiger partial charge on any atom is -0.454 e. The summed E-state index contributed by atoms with van der Waals surface area (Å²) < 4.78 is 10.7. The Balaban J connectivity index is 1.52. The van der Waals surface area contributed by atoms with Crippen molar-refractivity contribution in [2.75, 3.05) is 6.79 Å². The van der Waals surface area contributed by atoms with Gasteiger partial charge in [-0.1, -0.05) is 26.8 Å². The van der Waals surface area contributed by atoms with Crippen LogP contribution in [-0.4, -0.2) is 18.5 Å². The van der Waals surface area contributed by atoms with E-state index < -0.39 is 5.41 Å². The lowest BCUT2D eigenvalue weighted by Crippen LogP contribution is -2.46. The van der Waals surface area contributed by atoms with Crippen molar-refractivity contribution in [3.05, 3.63) is 23.8 Å². The molecule has 24 heavy (non-hydrogen) atoms. The molecule has 1 heterocycles. The Bertz CT molecular complexity index is 741. The Morgan fingerprint density at radius 3 is 2.58 bits per heavy atom. The molecule has 128 valence electrons. The zero-order valence-electron chi connectivity index (χ0n) is 14.4. The summed E-state index contributed by atoms with van der Waals surface area (Å²) in [5, 5.41) is 3.06. The van der Waals surface area contributed by atoms with Gasteiger partial charge in [-0.15, -0.1) is 0 Å². The summed E-state index contributed by atoms with van der Waals surface area (Å²) in [5.74, 6) is 1.68. The topological polar surface area (TPSA) is 64.6 Å². The molecule has 2 saturated carbocycles. The number of benzene rings is 1. The highest BCUT2D eigenvalue weighted by atomic mass is 16.7. The largest absolute Gasteiger partial charge is 0.454 e. The first kappa shape index (κ1) is 15.5. The van der Waals surface area contributed by atoms with Crippen LogP contribution in [0, 0.1) is 16.2 Å². The van der Waals surface area contributed by atoms with Crippen LogP contribution in [0.3, 0.4) is 0 Å². The SMILES string of the molecule is CC1(C)[C@]2(C(=O)NCc3ccc4c(c3)OCO4)CC[C@]1(C)C(=O)C2. The summed E-state index contributed by atoms with van der Waals surface area (Å²) in [4.78, 5) is 25.5. The lowest BCUT2D eigenvalue weighted by molar-refractivity contribution is -0.136. The molecule has 1 aromatic carbocycles. The van der Waals surface area contributed by atoms with E-state index in [1.165, 1.54) is 0 Å². The maximum Gasteiger partial charge on any atom is 0.231 e. The molecule has 0 spiro atoms. The van der Waals surface area contributed by atoms with Gasteiger partial charge in [0.2, 0.25) is 12.7 Å². The van der Waals surface area contributed by atoms with E-state index in [1.807, 2.05) is 25.1 Å². The minimum absolute atomic E-state index is 0.000239. The van der Waals surface area contributed by atoms with Crippen molar-refractivity contribution < 1.29 is 19.1 Å². The second-order valence-corrected chi connectivity index (χ2v) is 8.01. The second kappa shape index (κ2) is 4.74. The van der Waals surface area contributed by atoms with Gasteiger partial charge in [0.15, 0.2) is 11.5 Å². The third-order valence-corrected chi connectivity index (χ3v) is 7.03. The van der Waals surface area contributed by atoms with Crippen molar-refractivity contribution in [2.45, 2.75) is 46.6 Å². The standard InChI is InChI=1S/C19H23NO4/c1-17(2)18(3)6-7-19(17,9-15(18)21)16(22)20-10-12-4-5-13-14(8-12)24-11-23-13/h4-5,8H,6-7,9-11H2,1-3H3,(H,20,22)/t18-,19-/m1/s1. The van der Waals surface area contributed by atoms with Crippen molar-refractivity contribution in [2.24, 2.45) is 16.2 Å². The molecule has 2 aliphatic carbocycles. The molecule has 2 fully saturated rings. The molecule has 5 heteroatoms. The molecule has 1 aliphatic heterocycles. The fourth-order valence-electron chi connectivity index (χ4n) is 4.76. The molecule has 0 radical (unpaired) electrons. The highest BCUT2D eigenvalue weighted by Gasteiger charge is 2.72. The summed E-state index contributed by atoms with van der Waals surface area (Å²) in [6.45, 7) is 6.84. The highest BCUT2D eigenvalue weighted by molar-refractivity contribution is 5.99. The lowest BCUT2D eigenvalue weighted by Gasteiger charge is -2.38. The van der Waals surface area contributed by atoms with Crippen LogP contribution in [0.2, 0.25) is 0 Å². The van der Waals surface area contributed by atoms with Crippen molar-refractivity contribution >= 4 is 11.7 Å². The van der Waals surface area contributed by atoms with Gasteiger partial charge in [0.05, 0.1) is 5.41 Å². The van der Waals surface area contributed by atoms with Gasteiger partial charge in [-0.3, -0.25) is 9.59 Å². The van der Waals surface area contributed by atoms with Crippen LogP contribution < -0.4 is 14.8 Å². The Morgan fingerprint density at radius 1 is 1.17 bits per heavy atom. The van der Waals surface area contributed by atoms with Gasteiger partial charge in [0.25, 0.3) is 0 Å². The Morgan fingerprint density at radius 2 is 1.92 bits per heavy atom. The van der Waals surface area contributed by atoms with Crippen LogP contribution in [0.4, 0.5) is 0 Å². The molecule has 2 bridgehead atoms. The number of carbonyl (C=O) groups excluding carboxylic acids is 2. The third kappa shape index (κ3) is 1.75. The summed E-state index contributed by atoms with van der Waals surface area (Å²) >= 11 is 0. The number of rotatable bonds is 3. The van der Waals surface area contributed by atoms with Gasteiger partial charge in [-0.25, -0.2) is 0 Å². The average molecular weight is 329 g/mol. The number of nitrogens with one attached hydrogen (secondary N) is 1. The van der Waals surface area contributed by atoms with Crippen molar-refractivity contribution in [1.29, 1.82) is 0 Å². The molecule has 3 aliphatic rings. The zero-order chi connectivity index (χ0) is 17.2. The smallest absolute Gasteiger partial charge is 0.231 e. The first-order valence-corrected chi connectivity index (χ1v) is 8.50. The van der Waals surface area contributed by atoms with Crippen LogP contribution in [0.25, 0.3) is 0 Å². The molecular weight excluding hydrogens is 306 g/mol. The van der Waals surface area contributed by atoms with E-state index in [-0.39, 0.29) is 29.3 Å².